The minimum Gasteiger partial charge on any atom is -0.491 e. The van der Waals surface area contributed by atoms with Crippen molar-refractivity contribution in [2.45, 2.75) is 25.4 Å². The maximum absolute atomic E-state index is 12.9. The van der Waals surface area contributed by atoms with Crippen molar-refractivity contribution >= 4 is 17.5 Å². The number of ether oxygens (including phenoxy) is 3. The Kier molecular flexibility index (Phi) is 7.83. The van der Waals surface area contributed by atoms with E-state index in [9.17, 15) is 9.90 Å². The van der Waals surface area contributed by atoms with E-state index in [-0.39, 0.29) is 23.5 Å². The first-order valence-corrected chi connectivity index (χ1v) is 10.4. The maximum Gasteiger partial charge on any atom is 0.255 e. The third-order valence-electron chi connectivity index (χ3n) is 5.34. The third kappa shape index (κ3) is 5.25. The Labute approximate surface area is 175 Å². The lowest BCUT2D eigenvalue weighted by atomic mass is 9.93. The quantitative estimate of drug-likeness (QED) is 0.601. The number of carbonyl (C=O) groups is 1. The van der Waals surface area contributed by atoms with Gasteiger partial charge in [-0.15, -0.1) is 0 Å². The van der Waals surface area contributed by atoms with E-state index < -0.39 is 6.10 Å². The molecule has 29 heavy (non-hydrogen) atoms. The second-order valence-corrected chi connectivity index (χ2v) is 7.76. The number of hydrogen-bond donors (Lipinski definition) is 3. The van der Waals surface area contributed by atoms with Crippen LogP contribution in [0.25, 0.3) is 0 Å². The number of nitrogens with zero attached hydrogens (tertiary/aromatic N) is 1. The topological polar surface area (TPSA) is 100 Å². The Morgan fingerprint density at radius 3 is 2.83 bits per heavy atom. The molecule has 2 aliphatic rings. The number of benzene rings is 1. The van der Waals surface area contributed by atoms with Crippen LogP contribution in [0.5, 0.6) is 17.2 Å². The van der Waals surface area contributed by atoms with Crippen molar-refractivity contribution in [3.8, 4) is 17.2 Å². The van der Waals surface area contributed by atoms with Gasteiger partial charge in [0.2, 0.25) is 5.75 Å². The molecule has 0 spiro atoms. The molecule has 0 aromatic heterocycles. The van der Waals surface area contributed by atoms with Crippen LogP contribution >= 0.6 is 11.6 Å². The summed E-state index contributed by atoms with van der Waals surface area (Å²) in [6.07, 6.45) is 1.63. The predicted molar refractivity (Wildman–Crippen MR) is 108 cm³/mol. The highest BCUT2D eigenvalue weighted by Gasteiger charge is 2.30. The second-order valence-electron chi connectivity index (χ2n) is 7.35. The summed E-state index contributed by atoms with van der Waals surface area (Å²) < 4.78 is 16.8. The van der Waals surface area contributed by atoms with Gasteiger partial charge in [-0.3, -0.25) is 4.79 Å². The second kappa shape index (κ2) is 10.3. The van der Waals surface area contributed by atoms with Gasteiger partial charge in [0.05, 0.1) is 37.0 Å². The van der Waals surface area contributed by atoms with Crippen molar-refractivity contribution in [1.82, 2.24) is 10.2 Å². The van der Waals surface area contributed by atoms with Gasteiger partial charge in [0.25, 0.3) is 5.91 Å². The number of amides is 1. The van der Waals surface area contributed by atoms with Crippen molar-refractivity contribution in [3.63, 3.8) is 0 Å². The number of hydrogen-bond acceptors (Lipinski definition) is 7. The summed E-state index contributed by atoms with van der Waals surface area (Å²) in [5, 5.41) is 22.6. The summed E-state index contributed by atoms with van der Waals surface area (Å²) in [4.78, 5) is 15.0. The van der Waals surface area contributed by atoms with Crippen LogP contribution in [0.1, 0.15) is 29.6 Å². The van der Waals surface area contributed by atoms with Crippen molar-refractivity contribution in [3.05, 3.63) is 16.7 Å². The molecular formula is C20H29ClN2O6. The molecule has 2 atom stereocenters. The molecule has 1 saturated heterocycles. The van der Waals surface area contributed by atoms with Gasteiger partial charge in [0, 0.05) is 38.6 Å². The summed E-state index contributed by atoms with van der Waals surface area (Å²) in [7, 11) is 1.49. The molecule has 1 amide bonds. The minimum atomic E-state index is -0.529. The van der Waals surface area contributed by atoms with Crippen LogP contribution in [0.3, 0.4) is 0 Å². The van der Waals surface area contributed by atoms with Crippen LogP contribution < -0.4 is 19.5 Å². The van der Waals surface area contributed by atoms with E-state index in [1.165, 1.54) is 13.2 Å². The highest BCUT2D eigenvalue weighted by molar-refractivity contribution is 6.33. The number of β-amino-alcohol motifs (C(OH)–C–C–N with tert-alkyl or cyclic N) is 1. The standard InChI is InChI=1S/C20H29ClN2O6/c1-27-18-15(21)10-14(17-19(18)29-9-3-8-28-17)20(26)22-11-13-4-6-23(5-2-7-24)12-16(13)25/h10,13,16,24-25H,2-9,11-12H2,1H3,(H,22,26)/t13-,16+/m0/s1. The number of carbonyl (C=O) groups excluding carboxylic acids is 1. The van der Waals surface area contributed by atoms with Crippen LogP contribution in [-0.4, -0.2) is 80.2 Å². The Morgan fingerprint density at radius 2 is 2.14 bits per heavy atom. The normalized spacial score (nSPS) is 22.1. The van der Waals surface area contributed by atoms with Crippen LogP contribution in [0.2, 0.25) is 5.02 Å². The number of nitrogens with one attached hydrogen (secondary N) is 1. The van der Waals surface area contributed by atoms with Crippen molar-refractivity contribution < 1.29 is 29.2 Å². The van der Waals surface area contributed by atoms with E-state index in [1.54, 1.807) is 0 Å². The Bertz CT molecular complexity index is 717. The number of methoxy groups -OCH3 is 1. The van der Waals surface area contributed by atoms with Crippen LogP contribution in [-0.2, 0) is 0 Å². The van der Waals surface area contributed by atoms with Gasteiger partial charge in [0.1, 0.15) is 0 Å². The summed E-state index contributed by atoms with van der Waals surface area (Å²) in [5.74, 6) is 0.673. The Hall–Kier alpha value is -1.74. The zero-order chi connectivity index (χ0) is 20.8. The van der Waals surface area contributed by atoms with Crippen LogP contribution in [0, 0.1) is 5.92 Å². The first kappa shape index (κ1) is 22.0. The number of aliphatic hydroxyl groups excluding tert-OH is 2. The zero-order valence-corrected chi connectivity index (χ0v) is 17.4. The van der Waals surface area contributed by atoms with Crippen molar-refractivity contribution in [1.29, 1.82) is 0 Å². The molecule has 0 aliphatic carbocycles. The zero-order valence-electron chi connectivity index (χ0n) is 16.7. The maximum atomic E-state index is 12.9. The van der Waals surface area contributed by atoms with Crippen LogP contribution in [0.4, 0.5) is 0 Å². The molecule has 0 saturated carbocycles. The molecule has 0 unspecified atom stereocenters. The molecule has 3 rings (SSSR count). The van der Waals surface area contributed by atoms with E-state index in [4.69, 9.17) is 30.9 Å². The van der Waals surface area contributed by atoms with E-state index in [0.717, 1.165) is 19.5 Å². The molecular weight excluding hydrogens is 400 g/mol. The van der Waals surface area contributed by atoms with Crippen molar-refractivity contribution in [2.75, 3.05) is 53.1 Å². The molecule has 8 nitrogen and oxygen atoms in total. The summed E-state index contributed by atoms with van der Waals surface area (Å²) in [6.45, 7) is 3.52. The molecule has 0 bridgehead atoms. The molecule has 162 valence electrons. The predicted octanol–water partition coefficient (Wildman–Crippen LogP) is 1.30. The monoisotopic (exact) mass is 428 g/mol. The Balaban J connectivity index is 1.66. The van der Waals surface area contributed by atoms with Gasteiger partial charge in [-0.2, -0.15) is 0 Å². The van der Waals surface area contributed by atoms with E-state index in [2.05, 4.69) is 10.2 Å². The van der Waals surface area contributed by atoms with E-state index >= 15 is 0 Å². The summed E-state index contributed by atoms with van der Waals surface area (Å²) in [6, 6.07) is 1.52. The van der Waals surface area contributed by atoms with Gasteiger partial charge in [0.15, 0.2) is 11.5 Å². The van der Waals surface area contributed by atoms with E-state index in [0.29, 0.717) is 62.0 Å². The molecule has 1 fully saturated rings. The third-order valence-corrected chi connectivity index (χ3v) is 5.62. The molecule has 3 N–H and O–H groups in total. The smallest absolute Gasteiger partial charge is 0.255 e. The minimum absolute atomic E-state index is 0.0335. The average Bonchev–Trinajstić information content (AvgIpc) is 2.96. The average molecular weight is 429 g/mol. The Morgan fingerprint density at radius 1 is 1.38 bits per heavy atom. The molecule has 1 aromatic carbocycles. The number of aliphatic hydroxyl groups is 2. The molecule has 9 heteroatoms. The van der Waals surface area contributed by atoms with E-state index in [1.807, 2.05) is 0 Å². The largest absolute Gasteiger partial charge is 0.491 e. The van der Waals surface area contributed by atoms with Gasteiger partial charge in [-0.1, -0.05) is 11.6 Å². The number of rotatable bonds is 7. The fourth-order valence-corrected chi connectivity index (χ4v) is 4.00. The number of halogens is 1. The van der Waals surface area contributed by atoms with Gasteiger partial charge in [-0.05, 0) is 25.5 Å². The lowest BCUT2D eigenvalue weighted by Crippen LogP contribution is -2.47. The first-order chi connectivity index (χ1) is 14.0. The lowest BCUT2D eigenvalue weighted by molar-refractivity contribution is 0.0201. The van der Waals surface area contributed by atoms with Gasteiger partial charge in [-0.25, -0.2) is 0 Å². The van der Waals surface area contributed by atoms with Crippen molar-refractivity contribution in [2.24, 2.45) is 5.92 Å². The molecule has 2 aliphatic heterocycles. The summed E-state index contributed by atoms with van der Waals surface area (Å²) in [5.41, 5.74) is 0.294. The first-order valence-electron chi connectivity index (χ1n) is 10.0. The summed E-state index contributed by atoms with van der Waals surface area (Å²) >= 11 is 6.29. The molecule has 0 radical (unpaired) electrons. The highest BCUT2D eigenvalue weighted by Crippen LogP contribution is 2.46. The molecule has 1 aromatic rings. The fraction of sp³-hybridized carbons (Fsp3) is 0.650. The lowest BCUT2D eigenvalue weighted by Gasteiger charge is -2.36. The molecule has 2 heterocycles. The van der Waals surface area contributed by atoms with Gasteiger partial charge < -0.3 is 34.6 Å². The number of likely N-dealkylation sites (tertiary alicyclic amines) is 1. The van der Waals surface area contributed by atoms with Gasteiger partial charge >= 0.3 is 0 Å². The number of piperidine rings is 1. The van der Waals surface area contributed by atoms with Crippen LogP contribution in [0.15, 0.2) is 6.07 Å². The SMILES string of the molecule is COc1c(Cl)cc(C(=O)NC[C@@H]2CCN(CCCO)C[C@H]2O)c2c1OCCCO2. The fourth-order valence-electron chi connectivity index (χ4n) is 3.73. The highest BCUT2D eigenvalue weighted by atomic mass is 35.5. The number of fused-ring (bicyclic) bond motifs is 1.